The summed E-state index contributed by atoms with van der Waals surface area (Å²) >= 11 is 1.05. The molecule has 1 fully saturated rings. The van der Waals surface area contributed by atoms with Gasteiger partial charge < -0.3 is 9.64 Å². The second-order valence-corrected chi connectivity index (χ2v) is 8.27. The molecule has 0 radical (unpaired) electrons. The summed E-state index contributed by atoms with van der Waals surface area (Å²) in [5.41, 5.74) is 1.28. The maximum absolute atomic E-state index is 12.4. The lowest BCUT2D eigenvalue weighted by molar-refractivity contribution is 0.0303. The van der Waals surface area contributed by atoms with Crippen molar-refractivity contribution < 1.29 is 17.9 Å². The number of amides is 1. The molecule has 1 N–H and O–H groups in total. The van der Waals surface area contributed by atoms with Gasteiger partial charge in [0.15, 0.2) is 0 Å². The molecular weight excluding hydrogens is 348 g/mol. The van der Waals surface area contributed by atoms with E-state index in [4.69, 9.17) is 4.74 Å². The molecule has 0 atom stereocenters. The average molecular weight is 366 g/mol. The quantitative estimate of drug-likeness (QED) is 0.874. The molecule has 0 spiro atoms. The van der Waals surface area contributed by atoms with Gasteiger partial charge in [0.2, 0.25) is 10.0 Å². The van der Waals surface area contributed by atoms with Crippen LogP contribution in [0.15, 0.2) is 46.0 Å². The lowest BCUT2D eigenvalue weighted by Crippen LogP contribution is -2.40. The maximum atomic E-state index is 12.4. The summed E-state index contributed by atoms with van der Waals surface area (Å²) < 4.78 is 32.7. The molecule has 2 aromatic rings. The van der Waals surface area contributed by atoms with E-state index in [0.29, 0.717) is 31.9 Å². The van der Waals surface area contributed by atoms with E-state index < -0.39 is 10.0 Å². The van der Waals surface area contributed by atoms with Crippen LogP contribution >= 0.6 is 11.3 Å². The van der Waals surface area contributed by atoms with Gasteiger partial charge in [-0.2, -0.15) is 0 Å². The molecule has 1 saturated heterocycles. The van der Waals surface area contributed by atoms with Crippen LogP contribution in [0.5, 0.6) is 0 Å². The first-order valence-corrected chi connectivity index (χ1v) is 9.92. The fraction of sp³-hybridized carbons (Fsp3) is 0.312. The van der Waals surface area contributed by atoms with Crippen LogP contribution < -0.4 is 4.72 Å². The van der Waals surface area contributed by atoms with Gasteiger partial charge in [-0.3, -0.25) is 4.79 Å². The van der Waals surface area contributed by atoms with Gasteiger partial charge >= 0.3 is 0 Å². The smallest absolute Gasteiger partial charge is 0.254 e. The number of benzene rings is 1. The van der Waals surface area contributed by atoms with Gasteiger partial charge in [-0.05, 0) is 11.6 Å². The Balaban J connectivity index is 1.68. The SMILES string of the molecule is O=C(c1csc(S(=O)(=O)NCc2ccccc2)c1)N1CCOCC1. The van der Waals surface area contributed by atoms with Crippen LogP contribution in [-0.2, 0) is 21.3 Å². The lowest BCUT2D eigenvalue weighted by Gasteiger charge is -2.26. The van der Waals surface area contributed by atoms with E-state index in [1.165, 1.54) is 6.07 Å². The number of rotatable bonds is 5. The van der Waals surface area contributed by atoms with Crippen molar-refractivity contribution in [3.05, 3.63) is 52.9 Å². The number of morpholine rings is 1. The molecule has 0 unspecified atom stereocenters. The van der Waals surface area contributed by atoms with Crippen molar-refractivity contribution in [2.45, 2.75) is 10.8 Å². The molecule has 1 aliphatic rings. The molecule has 6 nitrogen and oxygen atoms in total. The standard InChI is InChI=1S/C16H18N2O4S2/c19-16(18-6-8-22-9-7-18)14-10-15(23-12-14)24(20,21)17-11-13-4-2-1-3-5-13/h1-5,10,12,17H,6-9,11H2. The number of nitrogens with one attached hydrogen (secondary N) is 1. The molecule has 0 saturated carbocycles. The highest BCUT2D eigenvalue weighted by molar-refractivity contribution is 7.91. The molecular formula is C16H18N2O4S2. The van der Waals surface area contributed by atoms with Crippen LogP contribution in [0.25, 0.3) is 0 Å². The van der Waals surface area contributed by atoms with Crippen molar-refractivity contribution in [1.82, 2.24) is 9.62 Å². The van der Waals surface area contributed by atoms with E-state index in [1.54, 1.807) is 10.3 Å². The van der Waals surface area contributed by atoms with Crippen LogP contribution in [0.2, 0.25) is 0 Å². The zero-order valence-electron chi connectivity index (χ0n) is 13.0. The van der Waals surface area contributed by atoms with Gasteiger partial charge in [-0.15, -0.1) is 11.3 Å². The Morgan fingerprint density at radius 2 is 1.92 bits per heavy atom. The number of carbonyl (C=O) groups is 1. The summed E-state index contributed by atoms with van der Waals surface area (Å²) in [6, 6.07) is 10.7. The molecule has 3 rings (SSSR count). The number of sulfonamides is 1. The van der Waals surface area contributed by atoms with E-state index in [1.807, 2.05) is 30.3 Å². The van der Waals surface area contributed by atoms with E-state index in [0.717, 1.165) is 16.9 Å². The Bertz CT molecular complexity index is 796. The Hall–Kier alpha value is -1.74. The molecule has 1 aliphatic heterocycles. The Labute approximate surface area is 145 Å². The largest absolute Gasteiger partial charge is 0.378 e. The fourth-order valence-electron chi connectivity index (χ4n) is 2.36. The highest BCUT2D eigenvalue weighted by atomic mass is 32.2. The number of nitrogens with zero attached hydrogens (tertiary/aromatic N) is 1. The highest BCUT2D eigenvalue weighted by Gasteiger charge is 2.23. The molecule has 2 heterocycles. The number of ether oxygens (including phenoxy) is 1. The fourth-order valence-corrected chi connectivity index (χ4v) is 4.58. The lowest BCUT2D eigenvalue weighted by atomic mass is 10.2. The molecule has 0 aliphatic carbocycles. The van der Waals surface area contributed by atoms with Gasteiger partial charge in [0.1, 0.15) is 4.21 Å². The predicted molar refractivity (Wildman–Crippen MR) is 91.5 cm³/mol. The van der Waals surface area contributed by atoms with Crippen molar-refractivity contribution in [3.8, 4) is 0 Å². The van der Waals surface area contributed by atoms with Gasteiger partial charge in [0.05, 0.1) is 18.8 Å². The van der Waals surface area contributed by atoms with Crippen molar-refractivity contribution in [2.75, 3.05) is 26.3 Å². The molecule has 1 aromatic carbocycles. The molecule has 1 aromatic heterocycles. The van der Waals surface area contributed by atoms with Gasteiger partial charge in [0.25, 0.3) is 5.91 Å². The summed E-state index contributed by atoms with van der Waals surface area (Å²) in [4.78, 5) is 14.1. The summed E-state index contributed by atoms with van der Waals surface area (Å²) in [6.45, 7) is 2.30. The maximum Gasteiger partial charge on any atom is 0.254 e. The molecule has 0 bridgehead atoms. The highest BCUT2D eigenvalue weighted by Crippen LogP contribution is 2.22. The molecule has 128 valence electrons. The summed E-state index contributed by atoms with van der Waals surface area (Å²) in [5.74, 6) is -0.154. The van der Waals surface area contributed by atoms with Gasteiger partial charge in [0, 0.05) is 25.0 Å². The number of carbonyl (C=O) groups excluding carboxylic acids is 1. The second kappa shape index (κ2) is 7.43. The third kappa shape index (κ3) is 4.02. The molecule has 8 heteroatoms. The topological polar surface area (TPSA) is 75.7 Å². The molecule has 1 amide bonds. The summed E-state index contributed by atoms with van der Waals surface area (Å²) in [5, 5.41) is 1.59. The van der Waals surface area contributed by atoms with E-state index in [9.17, 15) is 13.2 Å². The van der Waals surface area contributed by atoms with Crippen LogP contribution in [0.3, 0.4) is 0 Å². The summed E-state index contributed by atoms with van der Waals surface area (Å²) in [7, 11) is -3.63. The minimum absolute atomic E-state index is 0.148. The van der Waals surface area contributed by atoms with Crippen LogP contribution in [-0.4, -0.2) is 45.5 Å². The third-order valence-corrected chi connectivity index (χ3v) is 6.54. The zero-order chi connectivity index (χ0) is 17.0. The first kappa shape index (κ1) is 17.1. The van der Waals surface area contributed by atoms with E-state index >= 15 is 0 Å². The second-order valence-electron chi connectivity index (χ2n) is 5.37. The van der Waals surface area contributed by atoms with E-state index in [-0.39, 0.29) is 16.7 Å². The Morgan fingerprint density at radius 3 is 2.62 bits per heavy atom. The van der Waals surface area contributed by atoms with Crippen LogP contribution in [0.1, 0.15) is 15.9 Å². The van der Waals surface area contributed by atoms with E-state index in [2.05, 4.69) is 4.72 Å². The average Bonchev–Trinajstić information content (AvgIpc) is 3.12. The molecule has 24 heavy (non-hydrogen) atoms. The van der Waals surface area contributed by atoms with Gasteiger partial charge in [-0.1, -0.05) is 30.3 Å². The first-order chi connectivity index (χ1) is 11.6. The Kier molecular flexibility index (Phi) is 5.30. The van der Waals surface area contributed by atoms with Crippen molar-refractivity contribution in [3.63, 3.8) is 0 Å². The number of hydrogen-bond acceptors (Lipinski definition) is 5. The van der Waals surface area contributed by atoms with Gasteiger partial charge in [-0.25, -0.2) is 13.1 Å². The minimum Gasteiger partial charge on any atom is -0.378 e. The van der Waals surface area contributed by atoms with Crippen LogP contribution in [0.4, 0.5) is 0 Å². The summed E-state index contributed by atoms with van der Waals surface area (Å²) in [6.07, 6.45) is 0. The van der Waals surface area contributed by atoms with Crippen molar-refractivity contribution in [2.24, 2.45) is 0 Å². The van der Waals surface area contributed by atoms with Crippen LogP contribution in [0, 0.1) is 0 Å². The normalized spacial score (nSPS) is 15.4. The number of thiophene rings is 1. The minimum atomic E-state index is -3.63. The third-order valence-electron chi connectivity index (χ3n) is 3.69. The van der Waals surface area contributed by atoms with Crippen molar-refractivity contribution >= 4 is 27.3 Å². The van der Waals surface area contributed by atoms with Crippen molar-refractivity contribution in [1.29, 1.82) is 0 Å². The zero-order valence-corrected chi connectivity index (χ0v) is 14.6. The Morgan fingerprint density at radius 1 is 1.21 bits per heavy atom. The first-order valence-electron chi connectivity index (χ1n) is 7.55. The monoisotopic (exact) mass is 366 g/mol. The number of hydrogen-bond donors (Lipinski definition) is 1. The predicted octanol–water partition coefficient (Wildman–Crippen LogP) is 1.70.